The van der Waals surface area contributed by atoms with Gasteiger partial charge in [0.05, 0.1) is 5.69 Å². The molecule has 0 aliphatic rings. The molecule has 0 aromatic heterocycles. The third-order valence-electron chi connectivity index (χ3n) is 1.79. The first-order chi connectivity index (χ1) is 5.65. The lowest BCUT2D eigenvalue weighted by molar-refractivity contribution is 1.04. The Morgan fingerprint density at radius 1 is 1.08 bits per heavy atom. The first-order valence-corrected chi connectivity index (χ1v) is 3.84. The van der Waals surface area contributed by atoms with Crippen LogP contribution in [0.4, 0.5) is 5.69 Å². The standard InChI is InChI=1S/C9H13N3/c1-6-4-7(2)9(11-12-10)8(3)5-6/h4-5H,1-3H3,(H2,10,11). The van der Waals surface area contributed by atoms with Crippen LogP contribution in [0.15, 0.2) is 22.5 Å². The summed E-state index contributed by atoms with van der Waals surface area (Å²) in [6, 6.07) is 4.13. The van der Waals surface area contributed by atoms with Gasteiger partial charge in [-0.05, 0) is 31.9 Å². The predicted octanol–water partition coefficient (Wildman–Crippen LogP) is 2.57. The van der Waals surface area contributed by atoms with Crippen LogP contribution >= 0.6 is 0 Å². The second kappa shape index (κ2) is 3.34. The van der Waals surface area contributed by atoms with Gasteiger partial charge in [0, 0.05) is 0 Å². The van der Waals surface area contributed by atoms with E-state index in [1.807, 2.05) is 13.8 Å². The molecule has 1 aromatic rings. The fourth-order valence-electron chi connectivity index (χ4n) is 1.39. The maximum Gasteiger partial charge on any atom is 0.0932 e. The minimum absolute atomic E-state index is 0.878. The Kier molecular flexibility index (Phi) is 2.43. The molecule has 0 heterocycles. The summed E-state index contributed by atoms with van der Waals surface area (Å²) in [6.45, 7) is 6.07. The highest BCUT2D eigenvalue weighted by Crippen LogP contribution is 2.24. The summed E-state index contributed by atoms with van der Waals surface area (Å²) in [7, 11) is 0. The van der Waals surface area contributed by atoms with Crippen LogP contribution in [0.3, 0.4) is 0 Å². The zero-order chi connectivity index (χ0) is 9.14. The first-order valence-electron chi connectivity index (χ1n) is 3.84. The highest BCUT2D eigenvalue weighted by Gasteiger charge is 2.01. The third kappa shape index (κ3) is 1.61. The van der Waals surface area contributed by atoms with Gasteiger partial charge < -0.3 is 5.84 Å². The molecule has 0 aliphatic heterocycles. The van der Waals surface area contributed by atoms with Gasteiger partial charge in [0.15, 0.2) is 0 Å². The van der Waals surface area contributed by atoms with E-state index in [9.17, 15) is 0 Å². The number of nitrogens with two attached hydrogens (primary N) is 1. The molecule has 0 bridgehead atoms. The molecule has 1 rings (SSSR count). The Labute approximate surface area is 72.3 Å². The van der Waals surface area contributed by atoms with Gasteiger partial charge >= 0.3 is 0 Å². The van der Waals surface area contributed by atoms with Crippen LogP contribution in [-0.2, 0) is 0 Å². The molecule has 12 heavy (non-hydrogen) atoms. The normalized spacial score (nSPS) is 10.9. The molecular formula is C9H13N3. The Morgan fingerprint density at radius 2 is 1.58 bits per heavy atom. The maximum atomic E-state index is 4.99. The topological polar surface area (TPSA) is 50.7 Å². The summed E-state index contributed by atoms with van der Waals surface area (Å²) < 4.78 is 0. The predicted molar refractivity (Wildman–Crippen MR) is 49.4 cm³/mol. The molecule has 0 atom stereocenters. The van der Waals surface area contributed by atoms with E-state index in [1.54, 1.807) is 0 Å². The first kappa shape index (κ1) is 8.71. The van der Waals surface area contributed by atoms with E-state index >= 15 is 0 Å². The van der Waals surface area contributed by atoms with E-state index in [4.69, 9.17) is 5.84 Å². The molecule has 0 saturated heterocycles. The van der Waals surface area contributed by atoms with Crippen LogP contribution in [0.2, 0.25) is 0 Å². The van der Waals surface area contributed by atoms with Gasteiger partial charge in [-0.15, -0.1) is 5.11 Å². The molecule has 0 aliphatic carbocycles. The van der Waals surface area contributed by atoms with E-state index in [2.05, 4.69) is 29.4 Å². The van der Waals surface area contributed by atoms with Crippen molar-refractivity contribution < 1.29 is 0 Å². The number of hydrogen-bond donors (Lipinski definition) is 1. The summed E-state index contributed by atoms with van der Waals surface area (Å²) in [5.41, 5.74) is 4.34. The van der Waals surface area contributed by atoms with Gasteiger partial charge in [0.2, 0.25) is 0 Å². The average Bonchev–Trinajstić information content (AvgIpc) is 1.96. The van der Waals surface area contributed by atoms with Gasteiger partial charge in [-0.1, -0.05) is 22.9 Å². The van der Waals surface area contributed by atoms with Crippen LogP contribution in [0.25, 0.3) is 0 Å². The zero-order valence-electron chi connectivity index (χ0n) is 7.63. The Hall–Kier alpha value is -1.38. The van der Waals surface area contributed by atoms with E-state index < -0.39 is 0 Å². The van der Waals surface area contributed by atoms with Gasteiger partial charge in [0.25, 0.3) is 0 Å². The molecule has 64 valence electrons. The van der Waals surface area contributed by atoms with Crippen molar-refractivity contribution in [3.05, 3.63) is 28.8 Å². The zero-order valence-corrected chi connectivity index (χ0v) is 7.63. The largest absolute Gasteiger partial charge is 0.305 e. The quantitative estimate of drug-likeness (QED) is 0.386. The molecule has 0 spiro atoms. The second-order valence-corrected chi connectivity index (χ2v) is 2.96. The third-order valence-corrected chi connectivity index (χ3v) is 1.79. The summed E-state index contributed by atoms with van der Waals surface area (Å²) in [4.78, 5) is 0. The molecule has 0 saturated carbocycles. The molecule has 0 unspecified atom stereocenters. The summed E-state index contributed by atoms with van der Waals surface area (Å²) >= 11 is 0. The van der Waals surface area contributed by atoms with Crippen molar-refractivity contribution in [2.75, 3.05) is 0 Å². The van der Waals surface area contributed by atoms with Crippen molar-refractivity contribution in [3.63, 3.8) is 0 Å². The lowest BCUT2D eigenvalue weighted by Crippen LogP contribution is -1.84. The minimum atomic E-state index is 0.878. The Morgan fingerprint density at radius 3 is 2.00 bits per heavy atom. The van der Waals surface area contributed by atoms with E-state index in [0.29, 0.717) is 0 Å². The monoisotopic (exact) mass is 163 g/mol. The molecule has 0 amide bonds. The van der Waals surface area contributed by atoms with E-state index in [0.717, 1.165) is 16.8 Å². The summed E-state index contributed by atoms with van der Waals surface area (Å²) in [6.07, 6.45) is 0. The Bertz CT molecular complexity index is 293. The number of nitrogens with zero attached hydrogens (tertiary/aromatic N) is 2. The highest BCUT2D eigenvalue weighted by molar-refractivity contribution is 5.53. The molecule has 0 fully saturated rings. The van der Waals surface area contributed by atoms with E-state index in [1.165, 1.54) is 5.56 Å². The van der Waals surface area contributed by atoms with Crippen LogP contribution < -0.4 is 5.84 Å². The molecule has 3 heteroatoms. The average molecular weight is 163 g/mol. The molecule has 3 nitrogen and oxygen atoms in total. The van der Waals surface area contributed by atoms with E-state index in [-0.39, 0.29) is 0 Å². The van der Waals surface area contributed by atoms with Gasteiger partial charge in [-0.2, -0.15) is 0 Å². The number of aryl methyl sites for hydroxylation is 3. The minimum Gasteiger partial charge on any atom is -0.305 e. The fraction of sp³-hybridized carbons (Fsp3) is 0.333. The maximum absolute atomic E-state index is 4.99. The SMILES string of the molecule is Cc1cc(C)c(N=NN)c(C)c1. The van der Waals surface area contributed by atoms with Crippen LogP contribution in [0.1, 0.15) is 16.7 Å². The highest BCUT2D eigenvalue weighted by atomic mass is 15.3. The number of rotatable bonds is 1. The summed E-state index contributed by atoms with van der Waals surface area (Å²) in [5, 5.41) is 7.13. The molecular weight excluding hydrogens is 150 g/mol. The van der Waals surface area contributed by atoms with Gasteiger partial charge in [-0.3, -0.25) is 0 Å². The van der Waals surface area contributed by atoms with Crippen molar-refractivity contribution >= 4 is 5.69 Å². The molecule has 0 radical (unpaired) electrons. The van der Waals surface area contributed by atoms with Crippen molar-refractivity contribution in [1.82, 2.24) is 0 Å². The number of benzene rings is 1. The van der Waals surface area contributed by atoms with Crippen molar-refractivity contribution in [1.29, 1.82) is 0 Å². The fourth-order valence-corrected chi connectivity index (χ4v) is 1.39. The van der Waals surface area contributed by atoms with Crippen LogP contribution in [0, 0.1) is 20.8 Å². The Balaban J connectivity index is 3.28. The van der Waals surface area contributed by atoms with Crippen molar-refractivity contribution in [2.24, 2.45) is 16.2 Å². The lowest BCUT2D eigenvalue weighted by Gasteiger charge is -2.04. The smallest absolute Gasteiger partial charge is 0.0932 e. The van der Waals surface area contributed by atoms with Crippen LogP contribution in [0.5, 0.6) is 0 Å². The molecule has 1 aromatic carbocycles. The van der Waals surface area contributed by atoms with Crippen molar-refractivity contribution in [3.8, 4) is 0 Å². The van der Waals surface area contributed by atoms with Crippen molar-refractivity contribution in [2.45, 2.75) is 20.8 Å². The summed E-state index contributed by atoms with van der Waals surface area (Å²) in [5.74, 6) is 4.99. The number of hydrogen-bond acceptors (Lipinski definition) is 2. The van der Waals surface area contributed by atoms with Gasteiger partial charge in [0.1, 0.15) is 0 Å². The second-order valence-electron chi connectivity index (χ2n) is 2.96. The molecule has 2 N–H and O–H groups in total. The van der Waals surface area contributed by atoms with Gasteiger partial charge in [-0.25, -0.2) is 0 Å². The van der Waals surface area contributed by atoms with Crippen LogP contribution in [-0.4, -0.2) is 0 Å². The lowest BCUT2D eigenvalue weighted by atomic mass is 10.1.